The lowest BCUT2D eigenvalue weighted by Crippen LogP contribution is -2.41. The summed E-state index contributed by atoms with van der Waals surface area (Å²) in [7, 11) is -4.18. The number of nitrogens with zero attached hydrogens (tertiary/aromatic N) is 2. The van der Waals surface area contributed by atoms with E-state index in [9.17, 15) is 17.6 Å². The predicted molar refractivity (Wildman–Crippen MR) is 122 cm³/mol. The van der Waals surface area contributed by atoms with Gasteiger partial charge in [0.1, 0.15) is 25.6 Å². The van der Waals surface area contributed by atoms with Crippen LogP contribution in [0.4, 0.5) is 10.1 Å². The van der Waals surface area contributed by atoms with Crippen molar-refractivity contribution in [2.75, 3.05) is 50.2 Å². The molecule has 0 aliphatic carbocycles. The number of anilines is 1. The molecule has 0 atom stereocenters. The van der Waals surface area contributed by atoms with Gasteiger partial charge in [0, 0.05) is 12.6 Å². The molecule has 2 aromatic rings. The fourth-order valence-corrected chi connectivity index (χ4v) is 5.41. The number of carbonyl (C=O) groups excluding carboxylic acids is 1. The van der Waals surface area contributed by atoms with Gasteiger partial charge in [-0.3, -0.25) is 9.10 Å². The van der Waals surface area contributed by atoms with Crippen LogP contribution in [0.25, 0.3) is 0 Å². The van der Waals surface area contributed by atoms with Crippen molar-refractivity contribution in [2.45, 2.75) is 24.2 Å². The quantitative estimate of drug-likeness (QED) is 0.558. The number of benzene rings is 2. The number of nitrogens with one attached hydrogen (secondary N) is 1. The molecule has 1 N–H and O–H groups in total. The number of ether oxygens (including phenoxy) is 2. The Kier molecular flexibility index (Phi) is 7.34. The average Bonchev–Trinajstić information content (AvgIpc) is 3.33. The molecule has 2 aliphatic rings. The van der Waals surface area contributed by atoms with Crippen molar-refractivity contribution >= 4 is 21.6 Å². The van der Waals surface area contributed by atoms with Gasteiger partial charge in [-0.1, -0.05) is 6.07 Å². The Balaban J connectivity index is 1.50. The molecular weight excluding hydrogens is 449 g/mol. The van der Waals surface area contributed by atoms with Crippen LogP contribution in [0.3, 0.4) is 0 Å². The standard InChI is InChI=1S/C23H28FN3O5S/c24-18-5-3-6-19(15-18)27(17-23(28)25-9-4-12-26-10-1-2-11-26)33(29,30)20-7-8-21-22(16-20)32-14-13-31-21/h3,5-8,15-16H,1-2,4,9-14,17H2,(H,25,28). The van der Waals surface area contributed by atoms with Gasteiger partial charge in [-0.2, -0.15) is 0 Å². The molecule has 2 heterocycles. The molecule has 178 valence electrons. The number of rotatable bonds is 9. The molecule has 0 bridgehead atoms. The third-order valence-electron chi connectivity index (χ3n) is 5.66. The van der Waals surface area contributed by atoms with Crippen LogP contribution in [0.2, 0.25) is 0 Å². The van der Waals surface area contributed by atoms with Crippen molar-refractivity contribution < 1.29 is 27.1 Å². The van der Waals surface area contributed by atoms with E-state index >= 15 is 0 Å². The number of hydrogen-bond donors (Lipinski definition) is 1. The lowest BCUT2D eigenvalue weighted by atomic mass is 10.3. The summed E-state index contributed by atoms with van der Waals surface area (Å²) in [5.74, 6) is -0.288. The van der Waals surface area contributed by atoms with Crippen molar-refractivity contribution in [1.82, 2.24) is 10.2 Å². The third kappa shape index (κ3) is 5.75. The van der Waals surface area contributed by atoms with Crippen LogP contribution in [0.5, 0.6) is 11.5 Å². The molecule has 1 saturated heterocycles. The first-order chi connectivity index (χ1) is 15.9. The van der Waals surface area contributed by atoms with E-state index in [1.54, 1.807) is 0 Å². The molecule has 8 nitrogen and oxygen atoms in total. The highest BCUT2D eigenvalue weighted by Crippen LogP contribution is 2.34. The second-order valence-electron chi connectivity index (χ2n) is 8.05. The molecule has 0 unspecified atom stereocenters. The molecule has 4 rings (SSSR count). The summed E-state index contributed by atoms with van der Waals surface area (Å²) in [6, 6.07) is 9.45. The van der Waals surface area contributed by atoms with Crippen LogP contribution < -0.4 is 19.1 Å². The minimum atomic E-state index is -4.18. The zero-order chi connectivity index (χ0) is 23.3. The SMILES string of the molecule is O=C(CN(c1cccc(F)c1)S(=O)(=O)c1ccc2c(c1)OCCO2)NCCCN1CCCC1. The number of hydrogen-bond acceptors (Lipinski definition) is 6. The molecule has 1 amide bonds. The highest BCUT2D eigenvalue weighted by Gasteiger charge is 2.29. The summed E-state index contributed by atoms with van der Waals surface area (Å²) >= 11 is 0. The van der Waals surface area contributed by atoms with Gasteiger partial charge in [0.05, 0.1) is 10.6 Å². The largest absolute Gasteiger partial charge is 0.486 e. The van der Waals surface area contributed by atoms with Crippen LogP contribution >= 0.6 is 0 Å². The Morgan fingerprint density at radius 2 is 1.82 bits per heavy atom. The maximum absolute atomic E-state index is 13.9. The Labute approximate surface area is 193 Å². The lowest BCUT2D eigenvalue weighted by Gasteiger charge is -2.25. The fourth-order valence-electron chi connectivity index (χ4n) is 3.98. The minimum absolute atomic E-state index is 0.0668. The second-order valence-corrected chi connectivity index (χ2v) is 9.91. The Morgan fingerprint density at radius 1 is 1.06 bits per heavy atom. The molecule has 0 saturated carbocycles. The second kappa shape index (κ2) is 10.4. The van der Waals surface area contributed by atoms with Gasteiger partial charge < -0.3 is 19.7 Å². The first-order valence-corrected chi connectivity index (χ1v) is 12.5. The van der Waals surface area contributed by atoms with Gasteiger partial charge in [0.2, 0.25) is 5.91 Å². The monoisotopic (exact) mass is 477 g/mol. The maximum Gasteiger partial charge on any atom is 0.264 e. The van der Waals surface area contributed by atoms with E-state index in [2.05, 4.69) is 10.2 Å². The Morgan fingerprint density at radius 3 is 2.58 bits per heavy atom. The Hall–Kier alpha value is -2.85. The number of amides is 1. The summed E-state index contributed by atoms with van der Waals surface area (Å²) in [4.78, 5) is 14.9. The molecule has 0 radical (unpaired) electrons. The first kappa shape index (κ1) is 23.3. The molecule has 0 aromatic heterocycles. The van der Waals surface area contributed by atoms with E-state index in [0.29, 0.717) is 31.3 Å². The van der Waals surface area contributed by atoms with Gasteiger partial charge in [-0.15, -0.1) is 0 Å². The fraction of sp³-hybridized carbons (Fsp3) is 0.435. The van der Waals surface area contributed by atoms with Crippen molar-refractivity contribution in [1.29, 1.82) is 0 Å². The van der Waals surface area contributed by atoms with Crippen molar-refractivity contribution in [2.24, 2.45) is 0 Å². The molecular formula is C23H28FN3O5S. The van der Waals surface area contributed by atoms with Crippen LogP contribution in [0.1, 0.15) is 19.3 Å². The smallest absolute Gasteiger partial charge is 0.264 e. The average molecular weight is 478 g/mol. The van der Waals surface area contributed by atoms with E-state index < -0.39 is 28.3 Å². The zero-order valence-electron chi connectivity index (χ0n) is 18.3. The summed E-state index contributed by atoms with van der Waals surface area (Å²) in [5.41, 5.74) is 0.0668. The third-order valence-corrected chi connectivity index (χ3v) is 7.43. The molecule has 2 aromatic carbocycles. The topological polar surface area (TPSA) is 88.2 Å². The molecule has 33 heavy (non-hydrogen) atoms. The van der Waals surface area contributed by atoms with Crippen molar-refractivity contribution in [3.8, 4) is 11.5 Å². The summed E-state index contributed by atoms with van der Waals surface area (Å²) in [6.45, 7) is 3.71. The highest BCUT2D eigenvalue weighted by atomic mass is 32.2. The van der Waals surface area contributed by atoms with Crippen LogP contribution in [-0.2, 0) is 14.8 Å². The minimum Gasteiger partial charge on any atom is -0.486 e. The Bertz CT molecular complexity index is 1090. The number of carbonyl (C=O) groups is 1. The van der Waals surface area contributed by atoms with Crippen LogP contribution in [0, 0.1) is 5.82 Å². The van der Waals surface area contributed by atoms with E-state index in [1.807, 2.05) is 0 Å². The van der Waals surface area contributed by atoms with Crippen LogP contribution in [-0.4, -0.2) is 65.2 Å². The van der Waals surface area contributed by atoms with Crippen LogP contribution in [0.15, 0.2) is 47.4 Å². The van der Waals surface area contributed by atoms with Gasteiger partial charge in [-0.05, 0) is 69.2 Å². The summed E-state index contributed by atoms with van der Waals surface area (Å²) < 4.78 is 52.8. The van der Waals surface area contributed by atoms with Gasteiger partial charge in [-0.25, -0.2) is 12.8 Å². The molecule has 0 spiro atoms. The van der Waals surface area contributed by atoms with Gasteiger partial charge >= 0.3 is 0 Å². The number of sulfonamides is 1. The summed E-state index contributed by atoms with van der Waals surface area (Å²) in [5, 5.41) is 2.78. The summed E-state index contributed by atoms with van der Waals surface area (Å²) in [6.07, 6.45) is 3.18. The van der Waals surface area contributed by atoms with Crippen molar-refractivity contribution in [3.05, 3.63) is 48.3 Å². The van der Waals surface area contributed by atoms with Gasteiger partial charge in [0.25, 0.3) is 10.0 Å². The number of fused-ring (bicyclic) bond motifs is 1. The maximum atomic E-state index is 13.9. The molecule has 2 aliphatic heterocycles. The van der Waals surface area contributed by atoms with E-state index in [-0.39, 0.29) is 10.6 Å². The zero-order valence-corrected chi connectivity index (χ0v) is 19.2. The first-order valence-electron chi connectivity index (χ1n) is 11.1. The number of likely N-dealkylation sites (tertiary alicyclic amines) is 1. The lowest BCUT2D eigenvalue weighted by molar-refractivity contribution is -0.119. The predicted octanol–water partition coefficient (Wildman–Crippen LogP) is 2.39. The molecule has 10 heteroatoms. The molecule has 1 fully saturated rings. The highest BCUT2D eigenvalue weighted by molar-refractivity contribution is 7.92. The van der Waals surface area contributed by atoms with Crippen molar-refractivity contribution in [3.63, 3.8) is 0 Å². The normalized spacial score (nSPS) is 15.9. The van der Waals surface area contributed by atoms with E-state index in [0.717, 1.165) is 36.4 Å². The number of halogens is 1. The van der Waals surface area contributed by atoms with E-state index in [4.69, 9.17) is 9.47 Å². The van der Waals surface area contributed by atoms with Gasteiger partial charge in [0.15, 0.2) is 11.5 Å². The van der Waals surface area contributed by atoms with E-state index in [1.165, 1.54) is 49.2 Å².